The van der Waals surface area contributed by atoms with E-state index in [-0.39, 0.29) is 12.1 Å². The van der Waals surface area contributed by atoms with Crippen molar-refractivity contribution < 1.29 is 4.74 Å². The molecule has 2 atom stereocenters. The summed E-state index contributed by atoms with van der Waals surface area (Å²) < 4.78 is 5.88. The lowest BCUT2D eigenvalue weighted by atomic mass is 9.91. The minimum atomic E-state index is 0.182. The number of halogens is 1. The molecule has 0 spiro atoms. The normalized spacial score (nSPS) is 24.4. The van der Waals surface area contributed by atoms with Crippen LogP contribution in [0.15, 0.2) is 10.7 Å². The first-order valence-corrected chi connectivity index (χ1v) is 6.58. The van der Waals surface area contributed by atoms with Crippen molar-refractivity contribution in [1.82, 2.24) is 9.97 Å². The number of aromatic nitrogens is 2. The monoisotopic (exact) mass is 300 g/mol. The Kier molecular flexibility index (Phi) is 4.17. The summed E-state index contributed by atoms with van der Waals surface area (Å²) in [5.41, 5.74) is 6.07. The van der Waals surface area contributed by atoms with E-state index >= 15 is 0 Å². The van der Waals surface area contributed by atoms with Crippen LogP contribution in [-0.4, -0.2) is 29.2 Å². The summed E-state index contributed by atoms with van der Waals surface area (Å²) in [7, 11) is 1.59. The lowest BCUT2D eigenvalue weighted by Gasteiger charge is -2.29. The molecule has 0 saturated heterocycles. The fraction of sp³-hybridized carbons (Fsp3) is 0.636. The summed E-state index contributed by atoms with van der Waals surface area (Å²) in [4.78, 5) is 8.48. The van der Waals surface area contributed by atoms with E-state index in [1.54, 1.807) is 13.3 Å². The van der Waals surface area contributed by atoms with Crippen molar-refractivity contribution in [3.63, 3.8) is 0 Å². The molecule has 5 nitrogen and oxygen atoms in total. The predicted octanol–water partition coefficient (Wildman–Crippen LogP) is 1.93. The Balaban J connectivity index is 2.07. The topological polar surface area (TPSA) is 73.1 Å². The molecule has 0 aliphatic heterocycles. The van der Waals surface area contributed by atoms with Crippen LogP contribution in [0, 0.1) is 0 Å². The van der Waals surface area contributed by atoms with Gasteiger partial charge in [0.2, 0.25) is 11.8 Å². The van der Waals surface area contributed by atoms with Gasteiger partial charge in [-0.25, -0.2) is 4.98 Å². The minimum Gasteiger partial charge on any atom is -0.480 e. The van der Waals surface area contributed by atoms with Gasteiger partial charge in [0.25, 0.3) is 0 Å². The van der Waals surface area contributed by atoms with Crippen LogP contribution in [0.25, 0.3) is 0 Å². The molecule has 0 radical (unpaired) electrons. The number of methoxy groups -OCH3 is 1. The summed E-state index contributed by atoms with van der Waals surface area (Å²) in [6.45, 7) is 0. The van der Waals surface area contributed by atoms with E-state index in [9.17, 15) is 0 Å². The molecule has 1 heterocycles. The van der Waals surface area contributed by atoms with E-state index in [2.05, 4.69) is 31.2 Å². The Morgan fingerprint density at radius 2 is 2.24 bits per heavy atom. The fourth-order valence-corrected chi connectivity index (χ4v) is 2.42. The van der Waals surface area contributed by atoms with Crippen LogP contribution in [0.2, 0.25) is 0 Å². The molecule has 1 aromatic heterocycles. The van der Waals surface area contributed by atoms with Gasteiger partial charge in [0.15, 0.2) is 0 Å². The van der Waals surface area contributed by atoms with Crippen LogP contribution in [0.5, 0.6) is 5.88 Å². The zero-order valence-electron chi connectivity index (χ0n) is 9.82. The zero-order chi connectivity index (χ0) is 12.3. The smallest absolute Gasteiger partial charge is 0.232 e. The number of nitrogens with two attached hydrogens (primary N) is 1. The van der Waals surface area contributed by atoms with Gasteiger partial charge in [-0.05, 0) is 28.8 Å². The number of hydrogen-bond acceptors (Lipinski definition) is 5. The Bertz CT molecular complexity index is 388. The molecule has 2 rings (SSSR count). The molecule has 1 aliphatic carbocycles. The van der Waals surface area contributed by atoms with Gasteiger partial charge in [0, 0.05) is 12.1 Å². The average molecular weight is 301 g/mol. The number of nitrogens with zero attached hydrogens (tertiary/aromatic N) is 2. The highest BCUT2D eigenvalue weighted by Crippen LogP contribution is 2.24. The first-order valence-electron chi connectivity index (χ1n) is 5.79. The van der Waals surface area contributed by atoms with E-state index in [1.165, 1.54) is 12.8 Å². The van der Waals surface area contributed by atoms with Crippen molar-refractivity contribution in [2.24, 2.45) is 5.73 Å². The minimum absolute atomic E-state index is 0.182. The summed E-state index contributed by atoms with van der Waals surface area (Å²) in [6.07, 6.45) is 6.24. The molecular formula is C11H17BrN4O. The van der Waals surface area contributed by atoms with E-state index in [1.807, 2.05) is 0 Å². The number of anilines is 1. The maximum Gasteiger partial charge on any atom is 0.232 e. The standard InChI is InChI=1S/C11H17BrN4O/c1-17-10-7(12)6-14-11(16-10)15-9-5-3-2-4-8(9)13/h6,8-9H,2-5,13H2,1H3,(H,14,15,16). The van der Waals surface area contributed by atoms with Crippen LogP contribution in [0.4, 0.5) is 5.95 Å². The van der Waals surface area contributed by atoms with Gasteiger partial charge in [0.1, 0.15) is 0 Å². The molecule has 6 heteroatoms. The quantitative estimate of drug-likeness (QED) is 0.892. The maximum atomic E-state index is 6.07. The first-order chi connectivity index (χ1) is 8.20. The van der Waals surface area contributed by atoms with Gasteiger partial charge in [-0.2, -0.15) is 4.98 Å². The Morgan fingerprint density at radius 1 is 1.47 bits per heavy atom. The first kappa shape index (κ1) is 12.6. The molecule has 1 aliphatic rings. The second-order valence-corrected chi connectivity index (χ2v) is 5.10. The van der Waals surface area contributed by atoms with Crippen LogP contribution in [0.1, 0.15) is 25.7 Å². The number of hydrogen-bond donors (Lipinski definition) is 2. The van der Waals surface area contributed by atoms with Crippen molar-refractivity contribution in [3.8, 4) is 5.88 Å². The van der Waals surface area contributed by atoms with Gasteiger partial charge in [-0.3, -0.25) is 0 Å². The van der Waals surface area contributed by atoms with Crippen molar-refractivity contribution >= 4 is 21.9 Å². The van der Waals surface area contributed by atoms with Gasteiger partial charge in [-0.1, -0.05) is 12.8 Å². The Morgan fingerprint density at radius 3 is 2.94 bits per heavy atom. The predicted molar refractivity (Wildman–Crippen MR) is 70.1 cm³/mol. The third-order valence-electron chi connectivity index (χ3n) is 3.04. The van der Waals surface area contributed by atoms with E-state index in [0.29, 0.717) is 11.8 Å². The molecule has 2 unspecified atom stereocenters. The van der Waals surface area contributed by atoms with Crippen LogP contribution < -0.4 is 15.8 Å². The SMILES string of the molecule is COc1nc(NC2CCCCC2N)ncc1Br. The summed E-state index contributed by atoms with van der Waals surface area (Å²) in [5.74, 6) is 1.11. The third kappa shape index (κ3) is 3.07. The summed E-state index contributed by atoms with van der Waals surface area (Å²) in [6, 6.07) is 0.441. The van der Waals surface area contributed by atoms with E-state index < -0.39 is 0 Å². The molecular weight excluding hydrogens is 284 g/mol. The molecule has 0 bridgehead atoms. The molecule has 3 N–H and O–H groups in total. The van der Waals surface area contributed by atoms with Gasteiger partial charge < -0.3 is 15.8 Å². The molecule has 17 heavy (non-hydrogen) atoms. The number of nitrogens with one attached hydrogen (secondary N) is 1. The molecule has 1 fully saturated rings. The molecule has 0 aromatic carbocycles. The van der Waals surface area contributed by atoms with Crippen molar-refractivity contribution in [3.05, 3.63) is 10.7 Å². The Labute approximate surface area is 109 Å². The lowest BCUT2D eigenvalue weighted by molar-refractivity contribution is 0.389. The van der Waals surface area contributed by atoms with E-state index in [4.69, 9.17) is 10.5 Å². The van der Waals surface area contributed by atoms with Crippen molar-refractivity contribution in [1.29, 1.82) is 0 Å². The second kappa shape index (κ2) is 5.64. The molecule has 1 saturated carbocycles. The van der Waals surface area contributed by atoms with Crippen LogP contribution >= 0.6 is 15.9 Å². The highest BCUT2D eigenvalue weighted by Gasteiger charge is 2.22. The van der Waals surface area contributed by atoms with Crippen molar-refractivity contribution in [2.75, 3.05) is 12.4 Å². The number of rotatable bonds is 3. The number of ether oxygens (including phenoxy) is 1. The second-order valence-electron chi connectivity index (χ2n) is 4.25. The van der Waals surface area contributed by atoms with Gasteiger partial charge in [0.05, 0.1) is 17.8 Å². The van der Waals surface area contributed by atoms with Crippen LogP contribution in [-0.2, 0) is 0 Å². The Hall–Kier alpha value is -0.880. The fourth-order valence-electron chi connectivity index (χ4n) is 2.07. The molecule has 94 valence electrons. The summed E-state index contributed by atoms with van der Waals surface area (Å²) >= 11 is 3.33. The maximum absolute atomic E-state index is 6.07. The van der Waals surface area contributed by atoms with Gasteiger partial charge >= 0.3 is 0 Å². The highest BCUT2D eigenvalue weighted by atomic mass is 79.9. The molecule has 0 amide bonds. The third-order valence-corrected chi connectivity index (χ3v) is 3.58. The lowest BCUT2D eigenvalue weighted by Crippen LogP contribution is -2.42. The molecule has 1 aromatic rings. The van der Waals surface area contributed by atoms with Crippen molar-refractivity contribution in [2.45, 2.75) is 37.8 Å². The highest BCUT2D eigenvalue weighted by molar-refractivity contribution is 9.10. The van der Waals surface area contributed by atoms with Crippen LogP contribution in [0.3, 0.4) is 0 Å². The van der Waals surface area contributed by atoms with E-state index in [0.717, 1.165) is 17.3 Å². The van der Waals surface area contributed by atoms with Gasteiger partial charge in [-0.15, -0.1) is 0 Å². The average Bonchev–Trinajstić information content (AvgIpc) is 2.34. The largest absolute Gasteiger partial charge is 0.480 e. The zero-order valence-corrected chi connectivity index (χ0v) is 11.4. The summed E-state index contributed by atoms with van der Waals surface area (Å²) in [5, 5.41) is 3.28.